The summed E-state index contributed by atoms with van der Waals surface area (Å²) in [5.74, 6) is 1.43. The number of aliphatic hydroxyl groups is 1. The highest BCUT2D eigenvalue weighted by Crippen LogP contribution is 2.07. The molecule has 0 saturated heterocycles. The molecule has 1 aromatic rings. The minimum atomic E-state index is 0.0171. The van der Waals surface area contributed by atoms with Crippen LogP contribution in [-0.4, -0.2) is 34.8 Å². The summed E-state index contributed by atoms with van der Waals surface area (Å²) < 4.78 is 5.48. The number of aromatic amines is 1. The fraction of sp³-hybridized carbons (Fsp3) is 0.600. The average Bonchev–Trinajstić information content (AvgIpc) is 2.25. The minimum Gasteiger partial charge on any atom is -0.394 e. The zero-order chi connectivity index (χ0) is 12.0. The molecule has 0 spiro atoms. The van der Waals surface area contributed by atoms with Gasteiger partial charge in [0.25, 0.3) is 0 Å². The van der Waals surface area contributed by atoms with Gasteiger partial charge in [-0.15, -0.1) is 0 Å². The Hall–Kier alpha value is -0.980. The lowest BCUT2D eigenvalue weighted by atomic mass is 10.2. The molecule has 0 aliphatic carbocycles. The van der Waals surface area contributed by atoms with Crippen molar-refractivity contribution < 1.29 is 9.84 Å². The first-order chi connectivity index (χ1) is 7.69. The Balaban J connectivity index is 2.83. The van der Waals surface area contributed by atoms with Gasteiger partial charge in [0.2, 0.25) is 0 Å². The van der Waals surface area contributed by atoms with Crippen LogP contribution in [-0.2, 0) is 11.3 Å². The van der Waals surface area contributed by atoms with E-state index in [1.807, 2.05) is 6.92 Å². The maximum atomic E-state index is 9.09. The second-order valence-corrected chi connectivity index (χ2v) is 3.86. The van der Waals surface area contributed by atoms with Crippen LogP contribution >= 0.6 is 12.2 Å². The summed E-state index contributed by atoms with van der Waals surface area (Å²) in [7, 11) is 1.60. The predicted molar refractivity (Wildman–Crippen MR) is 64.9 cm³/mol. The fourth-order valence-electron chi connectivity index (χ4n) is 1.29. The van der Waals surface area contributed by atoms with E-state index in [0.717, 1.165) is 12.2 Å². The highest BCUT2D eigenvalue weighted by Gasteiger charge is 2.05. The molecule has 1 rings (SSSR count). The molecule has 1 atom stereocenters. The zero-order valence-electron chi connectivity index (χ0n) is 9.49. The number of rotatable bonds is 6. The Morgan fingerprint density at radius 1 is 1.69 bits per heavy atom. The topological polar surface area (TPSA) is 70.2 Å². The second-order valence-electron chi connectivity index (χ2n) is 3.44. The molecule has 3 N–H and O–H groups in total. The van der Waals surface area contributed by atoms with E-state index in [0.29, 0.717) is 17.1 Å². The van der Waals surface area contributed by atoms with Gasteiger partial charge in [0.15, 0.2) is 0 Å². The third kappa shape index (κ3) is 3.88. The summed E-state index contributed by atoms with van der Waals surface area (Å²) in [6.45, 7) is 2.47. The first-order valence-corrected chi connectivity index (χ1v) is 5.57. The molecule has 90 valence electrons. The lowest BCUT2D eigenvalue weighted by Gasteiger charge is -2.15. The predicted octanol–water partition coefficient (Wildman–Crippen LogP) is 1.47. The van der Waals surface area contributed by atoms with Crippen LogP contribution in [0.4, 0.5) is 5.82 Å². The van der Waals surface area contributed by atoms with Gasteiger partial charge in [-0.1, -0.05) is 19.1 Å². The molecule has 0 amide bonds. The summed E-state index contributed by atoms with van der Waals surface area (Å²) in [6.07, 6.45) is 0.832. The lowest BCUT2D eigenvalue weighted by Crippen LogP contribution is -2.23. The molecule has 5 nitrogen and oxygen atoms in total. The van der Waals surface area contributed by atoms with Gasteiger partial charge in [-0.05, 0) is 6.42 Å². The summed E-state index contributed by atoms with van der Waals surface area (Å²) in [5.41, 5.74) is 0. The highest BCUT2D eigenvalue weighted by molar-refractivity contribution is 7.71. The molecular formula is C10H17N3O2S. The van der Waals surface area contributed by atoms with Gasteiger partial charge in [0, 0.05) is 13.2 Å². The average molecular weight is 243 g/mol. The van der Waals surface area contributed by atoms with E-state index >= 15 is 0 Å². The number of hydrogen-bond acceptors (Lipinski definition) is 5. The van der Waals surface area contributed by atoms with Crippen molar-refractivity contribution in [2.45, 2.75) is 26.0 Å². The SMILES string of the molecule is CCC(CO)Nc1cc(=S)nc(COC)[nH]1. The van der Waals surface area contributed by atoms with Gasteiger partial charge < -0.3 is 20.1 Å². The Morgan fingerprint density at radius 3 is 3.00 bits per heavy atom. The maximum Gasteiger partial charge on any atom is 0.135 e. The Morgan fingerprint density at radius 2 is 2.44 bits per heavy atom. The smallest absolute Gasteiger partial charge is 0.135 e. The van der Waals surface area contributed by atoms with Crippen molar-refractivity contribution >= 4 is 18.0 Å². The Labute approximate surface area is 99.9 Å². The number of methoxy groups -OCH3 is 1. The van der Waals surface area contributed by atoms with E-state index < -0.39 is 0 Å². The highest BCUT2D eigenvalue weighted by atomic mass is 32.1. The number of aromatic nitrogens is 2. The van der Waals surface area contributed by atoms with Gasteiger partial charge in [-0.3, -0.25) is 0 Å². The molecule has 0 aromatic carbocycles. The molecule has 1 heterocycles. The van der Waals surface area contributed by atoms with Crippen molar-refractivity contribution in [2.24, 2.45) is 0 Å². The van der Waals surface area contributed by atoms with Gasteiger partial charge in [-0.25, -0.2) is 4.98 Å². The maximum absolute atomic E-state index is 9.09. The van der Waals surface area contributed by atoms with Crippen molar-refractivity contribution in [3.05, 3.63) is 16.5 Å². The van der Waals surface area contributed by atoms with Gasteiger partial charge >= 0.3 is 0 Å². The number of nitrogens with one attached hydrogen (secondary N) is 2. The minimum absolute atomic E-state index is 0.0171. The van der Waals surface area contributed by atoms with E-state index in [1.54, 1.807) is 13.2 Å². The molecule has 0 radical (unpaired) electrons. The summed E-state index contributed by atoms with van der Waals surface area (Å²) in [4.78, 5) is 7.17. The van der Waals surface area contributed by atoms with Crippen molar-refractivity contribution in [3.63, 3.8) is 0 Å². The Kier molecular flexibility index (Phi) is 5.37. The van der Waals surface area contributed by atoms with E-state index in [2.05, 4.69) is 15.3 Å². The first-order valence-electron chi connectivity index (χ1n) is 5.16. The molecule has 0 saturated carbocycles. The fourth-order valence-corrected chi connectivity index (χ4v) is 1.52. The Bertz CT molecular complexity index is 377. The third-order valence-electron chi connectivity index (χ3n) is 2.15. The quantitative estimate of drug-likeness (QED) is 0.660. The van der Waals surface area contributed by atoms with Crippen LogP contribution in [0.15, 0.2) is 6.07 Å². The van der Waals surface area contributed by atoms with E-state index in [-0.39, 0.29) is 12.6 Å². The van der Waals surface area contributed by atoms with Crippen LogP contribution < -0.4 is 5.32 Å². The molecule has 0 aliphatic rings. The van der Waals surface area contributed by atoms with Crippen LogP contribution in [0.3, 0.4) is 0 Å². The zero-order valence-corrected chi connectivity index (χ0v) is 10.3. The standard InChI is InChI=1S/C10H17N3O2S/c1-3-7(5-14)11-8-4-10(16)13-9(12-8)6-15-2/h4,7,14H,3,5-6H2,1-2H3,(H2,11,12,13,16). The molecule has 1 unspecified atom stereocenters. The second kappa shape index (κ2) is 6.57. The molecule has 0 aliphatic heterocycles. The number of nitrogens with zero attached hydrogens (tertiary/aromatic N) is 1. The molecule has 0 bridgehead atoms. The number of ether oxygens (including phenoxy) is 1. The van der Waals surface area contributed by atoms with Crippen LogP contribution in [0.25, 0.3) is 0 Å². The molecular weight excluding hydrogens is 226 g/mol. The van der Waals surface area contributed by atoms with Crippen LogP contribution in [0, 0.1) is 4.64 Å². The molecule has 6 heteroatoms. The lowest BCUT2D eigenvalue weighted by molar-refractivity contribution is 0.177. The number of H-pyrrole nitrogens is 1. The van der Waals surface area contributed by atoms with Crippen molar-refractivity contribution in [3.8, 4) is 0 Å². The van der Waals surface area contributed by atoms with Gasteiger partial charge in [0.1, 0.15) is 22.9 Å². The van der Waals surface area contributed by atoms with Crippen LogP contribution in [0.5, 0.6) is 0 Å². The molecule has 1 aromatic heterocycles. The van der Waals surface area contributed by atoms with Crippen molar-refractivity contribution in [1.29, 1.82) is 0 Å². The van der Waals surface area contributed by atoms with Crippen LogP contribution in [0.1, 0.15) is 19.2 Å². The van der Waals surface area contributed by atoms with E-state index in [1.165, 1.54) is 0 Å². The third-order valence-corrected chi connectivity index (χ3v) is 2.35. The van der Waals surface area contributed by atoms with Crippen molar-refractivity contribution in [1.82, 2.24) is 9.97 Å². The van der Waals surface area contributed by atoms with Gasteiger partial charge in [-0.2, -0.15) is 0 Å². The number of hydrogen-bond donors (Lipinski definition) is 3. The monoisotopic (exact) mass is 243 g/mol. The first kappa shape index (κ1) is 13.1. The largest absolute Gasteiger partial charge is 0.394 e. The summed E-state index contributed by atoms with van der Waals surface area (Å²) in [5, 5.41) is 12.2. The number of anilines is 1. The van der Waals surface area contributed by atoms with Crippen LogP contribution in [0.2, 0.25) is 0 Å². The van der Waals surface area contributed by atoms with Gasteiger partial charge in [0.05, 0.1) is 12.6 Å². The van der Waals surface area contributed by atoms with E-state index in [9.17, 15) is 0 Å². The summed E-state index contributed by atoms with van der Waals surface area (Å²) in [6, 6.07) is 1.75. The van der Waals surface area contributed by atoms with Crippen molar-refractivity contribution in [2.75, 3.05) is 19.0 Å². The number of aliphatic hydroxyl groups excluding tert-OH is 1. The molecule has 0 fully saturated rings. The summed E-state index contributed by atoms with van der Waals surface area (Å²) >= 11 is 5.04. The molecule has 16 heavy (non-hydrogen) atoms. The van der Waals surface area contributed by atoms with E-state index in [4.69, 9.17) is 22.1 Å². The normalized spacial score (nSPS) is 12.4.